The summed E-state index contributed by atoms with van der Waals surface area (Å²) in [6.45, 7) is 2.23. The Morgan fingerprint density at radius 3 is 2.49 bits per heavy atom. The van der Waals surface area contributed by atoms with E-state index in [-0.39, 0.29) is 24.9 Å². The molecule has 0 bridgehead atoms. The standard InChI is InChI=1S/C27H43N6O14PS/c1-15-12-33(26(39)32-22(15)35)21-11-19(20(46-21)13-45-48(41,42)43)47-27(40)28-9-6-5-7-18(24(37)30-16(2)25(38)44-3)31-23(36)17(29-14-34)8-10-49-4/h12,14,16-21H,5-11,13H2,1-4H3,(H,28,40)(H,29,34)(H,30,37)(H,31,36)(H,32,35,39)(H2,41,42,43)/t16-,17-,18-,19-,20+,21+/m0/s1. The van der Waals surface area contributed by atoms with Crippen LogP contribution in [-0.4, -0.2) is 112 Å². The summed E-state index contributed by atoms with van der Waals surface area (Å²) in [5.74, 6) is -1.39. The number of phosphoric acid groups is 1. The van der Waals surface area contributed by atoms with Gasteiger partial charge in [-0.25, -0.2) is 18.9 Å². The Labute approximate surface area is 285 Å². The fourth-order valence-electron chi connectivity index (χ4n) is 4.66. The van der Waals surface area contributed by atoms with Crippen molar-refractivity contribution in [3.8, 4) is 0 Å². The number of thioether (sulfide) groups is 1. The van der Waals surface area contributed by atoms with E-state index in [2.05, 4.69) is 35.5 Å². The SMILES string of the molecule is COC(=O)[C@H](C)NC(=O)[C@H](CCCCNC(=O)O[C@H]1C[C@H](n2cc(C)c(=O)[nH]c2=O)O[C@@H]1COP(=O)(O)O)NC(=O)[C@H](CCSC)NC=O. The number of alkyl carbamates (subject to hydrolysis) is 1. The lowest BCUT2D eigenvalue weighted by molar-refractivity contribution is -0.144. The summed E-state index contributed by atoms with van der Waals surface area (Å²) in [6.07, 6.45) is 0.0420. The number of unbranched alkanes of at least 4 members (excludes halogenated alkanes) is 1. The number of esters is 1. The molecule has 1 fully saturated rings. The van der Waals surface area contributed by atoms with Gasteiger partial charge in [-0.15, -0.1) is 0 Å². The molecule has 0 spiro atoms. The molecule has 1 aromatic heterocycles. The first-order chi connectivity index (χ1) is 23.1. The largest absolute Gasteiger partial charge is 0.469 e. The van der Waals surface area contributed by atoms with Crippen LogP contribution in [0.1, 0.15) is 50.8 Å². The molecule has 0 aliphatic carbocycles. The van der Waals surface area contributed by atoms with Crippen LogP contribution < -0.4 is 32.5 Å². The number of nitrogens with zero attached hydrogens (tertiary/aromatic N) is 1. The smallest absolute Gasteiger partial charge is 0.467 e. The first-order valence-electron chi connectivity index (χ1n) is 15.1. The lowest BCUT2D eigenvalue weighted by Crippen LogP contribution is -2.54. The highest BCUT2D eigenvalue weighted by atomic mass is 32.2. The summed E-state index contributed by atoms with van der Waals surface area (Å²) in [7, 11) is -3.76. The Balaban J connectivity index is 2.01. The first kappa shape index (κ1) is 41.4. The maximum atomic E-state index is 13.0. The van der Waals surface area contributed by atoms with Crippen LogP contribution in [0.3, 0.4) is 0 Å². The Morgan fingerprint density at radius 2 is 1.86 bits per heavy atom. The van der Waals surface area contributed by atoms with E-state index in [1.807, 2.05) is 6.26 Å². The third kappa shape index (κ3) is 13.9. The maximum Gasteiger partial charge on any atom is 0.469 e. The van der Waals surface area contributed by atoms with Crippen LogP contribution in [0.4, 0.5) is 4.79 Å². The van der Waals surface area contributed by atoms with Crippen LogP contribution in [0.2, 0.25) is 0 Å². The summed E-state index contributed by atoms with van der Waals surface area (Å²) < 4.78 is 32.6. The molecule has 0 aromatic carbocycles. The second-order valence-corrected chi connectivity index (χ2v) is 13.2. The van der Waals surface area contributed by atoms with Gasteiger partial charge in [0.25, 0.3) is 5.56 Å². The summed E-state index contributed by atoms with van der Waals surface area (Å²) in [5, 5.41) is 10.0. The minimum Gasteiger partial charge on any atom is -0.467 e. The van der Waals surface area contributed by atoms with Crippen LogP contribution in [0.25, 0.3) is 0 Å². The second kappa shape index (κ2) is 20.1. The van der Waals surface area contributed by atoms with Gasteiger partial charge >= 0.3 is 25.6 Å². The van der Waals surface area contributed by atoms with Crippen molar-refractivity contribution in [1.82, 2.24) is 30.8 Å². The number of H-pyrrole nitrogens is 1. The highest BCUT2D eigenvalue weighted by Crippen LogP contribution is 2.38. The third-order valence-corrected chi connectivity index (χ3v) is 8.36. The summed E-state index contributed by atoms with van der Waals surface area (Å²) in [6, 6.07) is -2.99. The maximum absolute atomic E-state index is 13.0. The van der Waals surface area contributed by atoms with E-state index in [0.717, 1.165) is 11.7 Å². The monoisotopic (exact) mass is 738 g/mol. The Kier molecular flexibility index (Phi) is 16.9. The molecule has 0 radical (unpaired) electrons. The molecule has 1 aliphatic rings. The van der Waals surface area contributed by atoms with Gasteiger partial charge in [-0.2, -0.15) is 11.8 Å². The summed E-state index contributed by atoms with van der Waals surface area (Å²) in [5.41, 5.74) is -1.22. The van der Waals surface area contributed by atoms with Crippen LogP contribution in [0.5, 0.6) is 0 Å². The molecule has 2 heterocycles. The molecule has 0 unspecified atom stereocenters. The molecule has 2 rings (SSSR count). The van der Waals surface area contributed by atoms with Gasteiger partial charge < -0.3 is 45.3 Å². The fraction of sp³-hybridized carbons (Fsp3) is 0.667. The van der Waals surface area contributed by atoms with Crippen molar-refractivity contribution in [3.05, 3.63) is 32.6 Å². The van der Waals surface area contributed by atoms with E-state index >= 15 is 0 Å². The van der Waals surface area contributed by atoms with Crippen molar-refractivity contribution in [2.24, 2.45) is 0 Å². The number of ether oxygens (including phenoxy) is 3. The van der Waals surface area contributed by atoms with Gasteiger partial charge in [-0.05, 0) is 51.5 Å². The molecule has 7 N–H and O–H groups in total. The number of aromatic amines is 1. The lowest BCUT2D eigenvalue weighted by Gasteiger charge is -2.23. The highest BCUT2D eigenvalue weighted by Gasteiger charge is 2.41. The third-order valence-electron chi connectivity index (χ3n) is 7.23. The predicted octanol–water partition coefficient (Wildman–Crippen LogP) is -1.46. The van der Waals surface area contributed by atoms with Crippen molar-refractivity contribution >= 4 is 49.9 Å². The normalized spacial score (nSPS) is 19.2. The molecule has 22 heteroatoms. The average molecular weight is 739 g/mol. The van der Waals surface area contributed by atoms with Gasteiger partial charge in [0.15, 0.2) is 0 Å². The number of methoxy groups -OCH3 is 1. The summed E-state index contributed by atoms with van der Waals surface area (Å²) >= 11 is 1.47. The predicted molar refractivity (Wildman–Crippen MR) is 172 cm³/mol. The number of amides is 4. The van der Waals surface area contributed by atoms with E-state index < -0.39 is 86.1 Å². The topological polar surface area (TPSA) is 283 Å². The number of aryl methyl sites for hydroxylation is 1. The van der Waals surface area contributed by atoms with E-state index in [9.17, 15) is 38.1 Å². The minimum atomic E-state index is -4.92. The van der Waals surface area contributed by atoms with Gasteiger partial charge in [0.1, 0.15) is 36.6 Å². The molecule has 49 heavy (non-hydrogen) atoms. The molecule has 6 atom stereocenters. The number of rotatable bonds is 20. The zero-order chi connectivity index (χ0) is 36.7. The number of nitrogens with one attached hydrogen (secondary N) is 5. The van der Waals surface area contributed by atoms with Crippen LogP contribution in [0.15, 0.2) is 15.8 Å². The zero-order valence-corrected chi connectivity index (χ0v) is 29.1. The molecule has 20 nitrogen and oxygen atoms in total. The number of phosphoric ester groups is 1. The molecular weight excluding hydrogens is 695 g/mol. The number of carbonyl (C=O) groups is 5. The molecule has 4 amide bonds. The number of aromatic nitrogens is 2. The molecule has 1 aromatic rings. The van der Waals surface area contributed by atoms with Crippen molar-refractivity contribution in [2.45, 2.75) is 82.5 Å². The van der Waals surface area contributed by atoms with Crippen molar-refractivity contribution in [3.63, 3.8) is 0 Å². The molecular formula is C27H43N6O14PS. The average Bonchev–Trinajstić information content (AvgIpc) is 3.43. The fourth-order valence-corrected chi connectivity index (χ4v) is 5.47. The van der Waals surface area contributed by atoms with Crippen molar-refractivity contribution < 1.29 is 57.1 Å². The van der Waals surface area contributed by atoms with Gasteiger partial charge in [0.05, 0.1) is 13.7 Å². The number of hydrogen-bond donors (Lipinski definition) is 7. The van der Waals surface area contributed by atoms with E-state index in [0.29, 0.717) is 31.4 Å². The van der Waals surface area contributed by atoms with Gasteiger partial charge in [0, 0.05) is 24.7 Å². The first-order valence-corrected chi connectivity index (χ1v) is 18.0. The quantitative estimate of drug-likeness (QED) is 0.0348. The molecule has 276 valence electrons. The zero-order valence-electron chi connectivity index (χ0n) is 27.4. The van der Waals surface area contributed by atoms with E-state index in [1.165, 1.54) is 31.8 Å². The Hall–Kier alpha value is -3.75. The number of hydrogen-bond acceptors (Lipinski definition) is 13. The van der Waals surface area contributed by atoms with Crippen molar-refractivity contribution in [1.29, 1.82) is 0 Å². The van der Waals surface area contributed by atoms with Gasteiger partial charge in [-0.3, -0.25) is 33.3 Å². The van der Waals surface area contributed by atoms with Crippen LogP contribution >= 0.6 is 19.6 Å². The summed E-state index contributed by atoms with van der Waals surface area (Å²) in [4.78, 5) is 106. The molecule has 1 saturated heterocycles. The van der Waals surface area contributed by atoms with E-state index in [1.54, 1.807) is 0 Å². The van der Waals surface area contributed by atoms with Crippen molar-refractivity contribution in [2.75, 3.05) is 32.3 Å². The molecule has 1 aliphatic heterocycles. The van der Waals surface area contributed by atoms with Crippen LogP contribution in [0, 0.1) is 6.92 Å². The van der Waals surface area contributed by atoms with Crippen LogP contribution in [-0.2, 0) is 42.5 Å². The second-order valence-electron chi connectivity index (χ2n) is 10.9. The Bertz CT molecular complexity index is 1470. The Morgan fingerprint density at radius 1 is 1.16 bits per heavy atom. The van der Waals surface area contributed by atoms with Gasteiger partial charge in [-0.1, -0.05) is 0 Å². The highest BCUT2D eigenvalue weighted by molar-refractivity contribution is 7.98. The lowest BCUT2D eigenvalue weighted by atomic mass is 10.1. The minimum absolute atomic E-state index is 0.0436. The number of carbonyl (C=O) groups excluding carboxylic acids is 5. The van der Waals surface area contributed by atoms with Gasteiger partial charge in [0.2, 0.25) is 18.2 Å². The van der Waals surface area contributed by atoms with E-state index in [4.69, 9.17) is 19.3 Å². The molecule has 0 saturated carbocycles.